The van der Waals surface area contributed by atoms with Gasteiger partial charge in [-0.25, -0.2) is 9.97 Å². The molecule has 1 atom stereocenters. The predicted octanol–water partition coefficient (Wildman–Crippen LogP) is 4.44. The van der Waals surface area contributed by atoms with Gasteiger partial charge in [-0.1, -0.05) is 50.8 Å². The highest BCUT2D eigenvalue weighted by Gasteiger charge is 2.40. The average molecular weight is 495 g/mol. The Hall–Kier alpha value is -2.48. The van der Waals surface area contributed by atoms with E-state index in [9.17, 15) is 4.79 Å². The van der Waals surface area contributed by atoms with Crippen LogP contribution < -0.4 is 10.6 Å². The van der Waals surface area contributed by atoms with Crippen LogP contribution in [0.15, 0.2) is 42.9 Å². The lowest BCUT2D eigenvalue weighted by molar-refractivity contribution is 0.0190. The van der Waals surface area contributed by atoms with Crippen molar-refractivity contribution < 1.29 is 4.79 Å². The molecule has 7 nitrogen and oxygen atoms in total. The molecule has 1 amide bonds. The molecule has 3 heterocycles. The highest BCUT2D eigenvalue weighted by atomic mass is 35.5. The van der Waals surface area contributed by atoms with E-state index in [0.717, 1.165) is 43.4 Å². The van der Waals surface area contributed by atoms with Gasteiger partial charge < -0.3 is 10.6 Å². The molecule has 0 spiro atoms. The van der Waals surface area contributed by atoms with E-state index in [1.165, 1.54) is 19.3 Å². The third kappa shape index (κ3) is 4.82. The highest BCUT2D eigenvalue weighted by molar-refractivity contribution is 6.37. The van der Waals surface area contributed by atoms with Crippen LogP contribution in [-0.2, 0) is 0 Å². The molecule has 0 radical (unpaired) electrons. The zero-order valence-electron chi connectivity index (χ0n) is 20.6. The van der Waals surface area contributed by atoms with E-state index in [1.54, 1.807) is 18.5 Å². The van der Waals surface area contributed by atoms with Crippen molar-refractivity contribution in [2.45, 2.75) is 57.5 Å². The molecule has 2 fully saturated rings. The summed E-state index contributed by atoms with van der Waals surface area (Å²) in [6, 6.07) is 7.93. The summed E-state index contributed by atoms with van der Waals surface area (Å²) >= 11 is 6.60. The largest absolute Gasteiger partial charge is 0.350 e. The standard InChI is InChI=1S/C27H35ClN6O/c1-19(2)22-17-33(15-14-29-22)27(10-4-3-5-11-27)18-32-25(35)20-16-34(26-30-12-7-13-31-26)23-9-6-8-21(28)24(20)23/h6-9,12-13,16,19,22,29H,3-5,10-11,14-15,17-18H2,1-2H3,(H,32,35)/t22-/m0/s1. The Morgan fingerprint density at radius 3 is 2.71 bits per heavy atom. The summed E-state index contributed by atoms with van der Waals surface area (Å²) in [5.74, 6) is 1.00. The minimum absolute atomic E-state index is 0.00779. The molecule has 0 unspecified atom stereocenters. The summed E-state index contributed by atoms with van der Waals surface area (Å²) in [5, 5.41) is 8.29. The first-order valence-corrected chi connectivity index (χ1v) is 13.2. The molecule has 1 saturated heterocycles. The summed E-state index contributed by atoms with van der Waals surface area (Å²) in [6.07, 6.45) is 11.2. The van der Waals surface area contributed by atoms with Crippen LogP contribution in [0.1, 0.15) is 56.3 Å². The van der Waals surface area contributed by atoms with Crippen LogP contribution in [0, 0.1) is 5.92 Å². The molecule has 1 aliphatic heterocycles. The van der Waals surface area contributed by atoms with Gasteiger partial charge in [0, 0.05) is 61.7 Å². The zero-order chi connectivity index (χ0) is 24.4. The minimum Gasteiger partial charge on any atom is -0.350 e. The van der Waals surface area contributed by atoms with Gasteiger partial charge >= 0.3 is 0 Å². The van der Waals surface area contributed by atoms with Crippen LogP contribution in [0.4, 0.5) is 0 Å². The fourth-order valence-corrected chi connectivity index (χ4v) is 6.08. The number of aromatic nitrogens is 3. The molecule has 3 aromatic rings. The van der Waals surface area contributed by atoms with Gasteiger partial charge in [0.1, 0.15) is 0 Å². The molecular weight excluding hydrogens is 460 g/mol. The van der Waals surface area contributed by atoms with Crippen LogP contribution in [0.2, 0.25) is 5.02 Å². The van der Waals surface area contributed by atoms with Gasteiger partial charge in [0.2, 0.25) is 5.95 Å². The molecule has 2 aliphatic rings. The molecule has 0 bridgehead atoms. The number of nitrogens with one attached hydrogen (secondary N) is 2. The van der Waals surface area contributed by atoms with Crippen molar-refractivity contribution in [2.24, 2.45) is 5.92 Å². The predicted molar refractivity (Wildman–Crippen MR) is 140 cm³/mol. The summed E-state index contributed by atoms with van der Waals surface area (Å²) < 4.78 is 1.84. The Bertz CT molecular complexity index is 1170. The van der Waals surface area contributed by atoms with E-state index in [2.05, 4.69) is 39.3 Å². The van der Waals surface area contributed by atoms with Gasteiger partial charge in [-0.3, -0.25) is 14.3 Å². The molecule has 2 N–H and O–H groups in total. The van der Waals surface area contributed by atoms with Crippen molar-refractivity contribution >= 4 is 28.4 Å². The van der Waals surface area contributed by atoms with Gasteiger partial charge in [0.15, 0.2) is 0 Å². The van der Waals surface area contributed by atoms with Crippen molar-refractivity contribution in [1.29, 1.82) is 0 Å². The van der Waals surface area contributed by atoms with Crippen molar-refractivity contribution in [3.63, 3.8) is 0 Å². The number of amides is 1. The van der Waals surface area contributed by atoms with E-state index in [-0.39, 0.29) is 11.4 Å². The second-order valence-electron chi connectivity index (χ2n) is 10.3. The lowest BCUT2D eigenvalue weighted by Crippen LogP contribution is -2.64. The second-order valence-corrected chi connectivity index (χ2v) is 10.7. The molecule has 35 heavy (non-hydrogen) atoms. The van der Waals surface area contributed by atoms with E-state index in [0.29, 0.717) is 35.0 Å². The monoisotopic (exact) mass is 494 g/mol. The van der Waals surface area contributed by atoms with Crippen LogP contribution >= 0.6 is 11.6 Å². The van der Waals surface area contributed by atoms with E-state index in [4.69, 9.17) is 11.6 Å². The van der Waals surface area contributed by atoms with Crippen molar-refractivity contribution in [3.8, 4) is 5.95 Å². The Morgan fingerprint density at radius 1 is 1.20 bits per heavy atom. The van der Waals surface area contributed by atoms with Gasteiger partial charge in [-0.05, 0) is 37.0 Å². The van der Waals surface area contributed by atoms with Crippen LogP contribution in [-0.4, -0.2) is 63.1 Å². The number of fused-ring (bicyclic) bond motifs is 1. The second kappa shape index (κ2) is 10.2. The van der Waals surface area contributed by atoms with Gasteiger partial charge in [-0.15, -0.1) is 0 Å². The SMILES string of the molecule is CC(C)[C@@H]1CN(C2(CNC(=O)c3cn(-c4ncccn4)c4cccc(Cl)c34)CCCCC2)CCN1. The number of piperazine rings is 1. The average Bonchev–Trinajstić information content (AvgIpc) is 3.30. The topological polar surface area (TPSA) is 75.1 Å². The van der Waals surface area contributed by atoms with Crippen molar-refractivity contribution in [3.05, 3.63) is 53.4 Å². The number of hydrogen-bond donors (Lipinski definition) is 2. The molecular formula is C27H35ClN6O. The maximum atomic E-state index is 13.6. The first-order valence-electron chi connectivity index (χ1n) is 12.8. The Balaban J connectivity index is 1.42. The molecule has 2 aromatic heterocycles. The number of carbonyl (C=O) groups is 1. The number of nitrogens with zero attached hydrogens (tertiary/aromatic N) is 4. The smallest absolute Gasteiger partial charge is 0.253 e. The summed E-state index contributed by atoms with van der Waals surface area (Å²) in [6.45, 7) is 8.27. The summed E-state index contributed by atoms with van der Waals surface area (Å²) in [5.41, 5.74) is 1.39. The fraction of sp³-hybridized carbons (Fsp3) is 0.519. The van der Waals surface area contributed by atoms with Crippen molar-refractivity contribution in [1.82, 2.24) is 30.1 Å². The van der Waals surface area contributed by atoms with Gasteiger partial charge in [-0.2, -0.15) is 0 Å². The third-order valence-electron chi connectivity index (χ3n) is 7.83. The highest BCUT2D eigenvalue weighted by Crippen LogP contribution is 2.35. The van der Waals surface area contributed by atoms with Crippen LogP contribution in [0.5, 0.6) is 0 Å². The number of hydrogen-bond acceptors (Lipinski definition) is 5. The molecule has 1 aromatic carbocycles. The zero-order valence-corrected chi connectivity index (χ0v) is 21.4. The summed E-state index contributed by atoms with van der Waals surface area (Å²) in [7, 11) is 0. The molecule has 8 heteroatoms. The Morgan fingerprint density at radius 2 is 1.97 bits per heavy atom. The maximum absolute atomic E-state index is 13.6. The molecule has 1 aliphatic carbocycles. The number of benzene rings is 1. The molecule has 5 rings (SSSR count). The lowest BCUT2D eigenvalue weighted by Gasteiger charge is -2.50. The van der Waals surface area contributed by atoms with Gasteiger partial charge in [0.05, 0.1) is 16.1 Å². The molecule has 186 valence electrons. The first-order chi connectivity index (χ1) is 17.0. The molecule has 1 saturated carbocycles. The van der Waals surface area contributed by atoms with Crippen LogP contribution in [0.3, 0.4) is 0 Å². The third-order valence-corrected chi connectivity index (χ3v) is 8.15. The van der Waals surface area contributed by atoms with E-state index in [1.807, 2.05) is 29.0 Å². The number of carbonyl (C=O) groups excluding carboxylic acids is 1. The first kappa shape index (κ1) is 24.2. The van der Waals surface area contributed by atoms with Crippen molar-refractivity contribution in [2.75, 3.05) is 26.2 Å². The summed E-state index contributed by atoms with van der Waals surface area (Å²) in [4.78, 5) is 25.1. The number of halogens is 1. The lowest BCUT2D eigenvalue weighted by atomic mass is 9.79. The normalized spacial score (nSPS) is 20.9. The Kier molecular flexibility index (Phi) is 7.09. The maximum Gasteiger partial charge on any atom is 0.253 e. The van der Waals surface area contributed by atoms with E-state index < -0.39 is 0 Å². The fourth-order valence-electron chi connectivity index (χ4n) is 5.81. The minimum atomic E-state index is -0.0988. The van der Waals surface area contributed by atoms with Gasteiger partial charge in [0.25, 0.3) is 5.91 Å². The number of rotatable bonds is 6. The Labute approximate surface area is 212 Å². The van der Waals surface area contributed by atoms with Crippen LogP contribution in [0.25, 0.3) is 16.9 Å². The quantitative estimate of drug-likeness (QED) is 0.530. The van der Waals surface area contributed by atoms with E-state index >= 15 is 0 Å².